The molecule has 0 saturated carbocycles. The van der Waals surface area contributed by atoms with E-state index >= 15 is 0 Å². The summed E-state index contributed by atoms with van der Waals surface area (Å²) in [5, 5.41) is 9.61. The lowest BCUT2D eigenvalue weighted by atomic mass is 10.0. The molecule has 1 nitrogen and oxygen atoms in total. The van der Waals surface area contributed by atoms with E-state index < -0.39 is 0 Å². The van der Waals surface area contributed by atoms with Crippen molar-refractivity contribution in [2.24, 2.45) is 0 Å². The molecular formula is C19H24O. The minimum absolute atomic E-state index is 0.377. The van der Waals surface area contributed by atoms with Gasteiger partial charge in [-0.2, -0.15) is 0 Å². The van der Waals surface area contributed by atoms with Gasteiger partial charge in [0.15, 0.2) is 0 Å². The van der Waals surface area contributed by atoms with Gasteiger partial charge in [0.2, 0.25) is 0 Å². The first-order chi connectivity index (χ1) is 9.60. The molecule has 0 heterocycles. The van der Waals surface area contributed by atoms with E-state index in [1.54, 1.807) is 6.07 Å². The Bertz CT molecular complexity index is 573. The third-order valence-corrected chi connectivity index (χ3v) is 4.09. The van der Waals surface area contributed by atoms with Gasteiger partial charge in [0, 0.05) is 0 Å². The van der Waals surface area contributed by atoms with Crippen LogP contribution in [0.15, 0.2) is 53.1 Å². The highest BCUT2D eigenvalue weighted by atomic mass is 16.3. The molecule has 0 aliphatic heterocycles. The van der Waals surface area contributed by atoms with E-state index in [4.69, 9.17) is 0 Å². The summed E-state index contributed by atoms with van der Waals surface area (Å²) in [5.41, 5.74) is 6.91. The van der Waals surface area contributed by atoms with E-state index in [2.05, 4.69) is 45.1 Å². The summed E-state index contributed by atoms with van der Waals surface area (Å²) in [6.07, 6.45) is 10.8. The van der Waals surface area contributed by atoms with Gasteiger partial charge in [-0.15, -0.1) is 0 Å². The maximum atomic E-state index is 9.61. The molecule has 0 atom stereocenters. The smallest absolute Gasteiger partial charge is 0.115 e. The first-order valence-corrected chi connectivity index (χ1v) is 7.43. The molecule has 0 unspecified atom stereocenters. The molecule has 1 aliphatic rings. The summed E-state index contributed by atoms with van der Waals surface area (Å²) in [4.78, 5) is 0. The zero-order chi connectivity index (χ0) is 14.5. The minimum Gasteiger partial charge on any atom is -0.508 e. The lowest BCUT2D eigenvalue weighted by Crippen LogP contribution is -1.91. The largest absolute Gasteiger partial charge is 0.508 e. The van der Waals surface area contributed by atoms with E-state index in [0.29, 0.717) is 5.75 Å². The first kappa shape index (κ1) is 14.6. The van der Waals surface area contributed by atoms with Crippen LogP contribution in [0.25, 0.3) is 0 Å². The molecule has 1 aromatic rings. The molecular weight excluding hydrogens is 244 g/mol. The second-order valence-corrected chi connectivity index (χ2v) is 5.66. The molecule has 106 valence electrons. The quantitative estimate of drug-likeness (QED) is 0.755. The van der Waals surface area contributed by atoms with Gasteiger partial charge in [0.05, 0.1) is 0 Å². The van der Waals surface area contributed by atoms with Crippen LogP contribution in [-0.2, 0) is 12.8 Å². The van der Waals surface area contributed by atoms with E-state index in [9.17, 15) is 5.11 Å². The average molecular weight is 268 g/mol. The number of hydrogen-bond acceptors (Lipinski definition) is 1. The van der Waals surface area contributed by atoms with Crippen molar-refractivity contribution < 1.29 is 5.11 Å². The number of phenols is 1. The van der Waals surface area contributed by atoms with Crippen LogP contribution in [0.3, 0.4) is 0 Å². The highest BCUT2D eigenvalue weighted by molar-refractivity contribution is 5.42. The summed E-state index contributed by atoms with van der Waals surface area (Å²) < 4.78 is 0. The fourth-order valence-corrected chi connectivity index (χ4v) is 2.57. The lowest BCUT2D eigenvalue weighted by molar-refractivity contribution is 0.474. The van der Waals surface area contributed by atoms with Crippen molar-refractivity contribution in [1.82, 2.24) is 0 Å². The summed E-state index contributed by atoms with van der Waals surface area (Å²) in [7, 11) is 0. The van der Waals surface area contributed by atoms with Crippen molar-refractivity contribution in [3.8, 4) is 5.75 Å². The SMILES string of the molecule is CC/C(C)=C/C=C\C1=C(C)Cc2ccc(O)cc2CC1. The standard InChI is InChI=1S/C19H24O/c1-4-14(2)6-5-7-16-8-9-18-13-19(20)11-10-17(18)12-15(16)3/h5-7,10-11,13,20H,4,8-9,12H2,1-3H3/b7-5-,14-6+. The molecule has 1 aliphatic carbocycles. The summed E-state index contributed by atoms with van der Waals surface area (Å²) in [6.45, 7) is 6.56. The molecule has 0 amide bonds. The summed E-state index contributed by atoms with van der Waals surface area (Å²) >= 11 is 0. The van der Waals surface area contributed by atoms with Crippen LogP contribution >= 0.6 is 0 Å². The number of phenolic OH excluding ortho intramolecular Hbond substituents is 1. The molecule has 2 rings (SSSR count). The first-order valence-electron chi connectivity index (χ1n) is 7.43. The zero-order valence-corrected chi connectivity index (χ0v) is 12.7. The molecule has 0 spiro atoms. The monoisotopic (exact) mass is 268 g/mol. The zero-order valence-electron chi connectivity index (χ0n) is 12.7. The van der Waals surface area contributed by atoms with E-state index in [0.717, 1.165) is 25.7 Å². The summed E-state index contributed by atoms with van der Waals surface area (Å²) in [6, 6.07) is 5.76. The molecule has 0 radical (unpaired) electrons. The number of rotatable bonds is 3. The van der Waals surface area contributed by atoms with Crippen LogP contribution in [0.5, 0.6) is 5.75 Å². The van der Waals surface area contributed by atoms with Gasteiger partial charge in [0.1, 0.15) is 5.75 Å². The van der Waals surface area contributed by atoms with Crippen LogP contribution in [0, 0.1) is 0 Å². The molecule has 0 saturated heterocycles. The molecule has 1 heteroatoms. The van der Waals surface area contributed by atoms with Gasteiger partial charge in [-0.25, -0.2) is 0 Å². The Balaban J connectivity index is 2.18. The molecule has 0 bridgehead atoms. The Kier molecular flexibility index (Phi) is 4.84. The fourth-order valence-electron chi connectivity index (χ4n) is 2.57. The number of allylic oxidation sites excluding steroid dienone is 6. The fraction of sp³-hybridized carbons (Fsp3) is 0.368. The molecule has 0 aromatic heterocycles. The third kappa shape index (κ3) is 3.63. The van der Waals surface area contributed by atoms with E-state index in [-0.39, 0.29) is 0 Å². The number of benzene rings is 1. The predicted octanol–water partition coefficient (Wildman–Crippen LogP) is 5.11. The molecule has 1 aromatic carbocycles. The van der Waals surface area contributed by atoms with Gasteiger partial charge in [-0.05, 0) is 68.4 Å². The number of hydrogen-bond donors (Lipinski definition) is 1. The van der Waals surface area contributed by atoms with Crippen LogP contribution in [0.2, 0.25) is 0 Å². The topological polar surface area (TPSA) is 20.2 Å². The lowest BCUT2D eigenvalue weighted by Gasteiger charge is -2.06. The average Bonchev–Trinajstić information content (AvgIpc) is 2.58. The van der Waals surface area contributed by atoms with Crippen molar-refractivity contribution in [2.75, 3.05) is 0 Å². The third-order valence-electron chi connectivity index (χ3n) is 4.09. The normalized spacial score (nSPS) is 16.4. The molecule has 1 N–H and O–H groups in total. The van der Waals surface area contributed by atoms with Crippen molar-refractivity contribution in [3.05, 3.63) is 64.3 Å². The van der Waals surface area contributed by atoms with Gasteiger partial charge in [0.25, 0.3) is 0 Å². The highest BCUT2D eigenvalue weighted by Crippen LogP contribution is 2.28. The second kappa shape index (κ2) is 6.60. The van der Waals surface area contributed by atoms with Crippen LogP contribution in [0.1, 0.15) is 44.7 Å². The van der Waals surface area contributed by atoms with Gasteiger partial charge in [-0.3, -0.25) is 0 Å². The maximum absolute atomic E-state index is 9.61. The van der Waals surface area contributed by atoms with Crippen LogP contribution in [-0.4, -0.2) is 5.11 Å². The van der Waals surface area contributed by atoms with Crippen LogP contribution in [0.4, 0.5) is 0 Å². The van der Waals surface area contributed by atoms with E-state index in [1.165, 1.54) is 27.8 Å². The Morgan fingerprint density at radius 2 is 2.05 bits per heavy atom. The maximum Gasteiger partial charge on any atom is 0.115 e. The Hall–Kier alpha value is -1.76. The molecule has 0 fully saturated rings. The Morgan fingerprint density at radius 3 is 2.80 bits per heavy atom. The van der Waals surface area contributed by atoms with E-state index in [1.807, 2.05) is 6.07 Å². The Labute approximate surface area is 122 Å². The highest BCUT2D eigenvalue weighted by Gasteiger charge is 2.12. The van der Waals surface area contributed by atoms with Gasteiger partial charge < -0.3 is 5.11 Å². The van der Waals surface area contributed by atoms with Crippen molar-refractivity contribution in [1.29, 1.82) is 0 Å². The number of aryl methyl sites for hydroxylation is 1. The van der Waals surface area contributed by atoms with Crippen molar-refractivity contribution in [3.63, 3.8) is 0 Å². The van der Waals surface area contributed by atoms with Gasteiger partial charge >= 0.3 is 0 Å². The second-order valence-electron chi connectivity index (χ2n) is 5.66. The minimum atomic E-state index is 0.377. The number of fused-ring (bicyclic) bond motifs is 1. The van der Waals surface area contributed by atoms with Crippen LogP contribution < -0.4 is 0 Å². The Morgan fingerprint density at radius 1 is 1.25 bits per heavy atom. The van der Waals surface area contributed by atoms with Crippen molar-refractivity contribution >= 4 is 0 Å². The van der Waals surface area contributed by atoms with Gasteiger partial charge in [-0.1, -0.05) is 42.4 Å². The summed E-state index contributed by atoms with van der Waals surface area (Å²) in [5.74, 6) is 0.377. The molecule has 20 heavy (non-hydrogen) atoms. The number of aromatic hydroxyl groups is 1. The predicted molar refractivity (Wildman–Crippen MR) is 86.0 cm³/mol. The van der Waals surface area contributed by atoms with Crippen molar-refractivity contribution in [2.45, 2.75) is 46.5 Å².